The van der Waals surface area contributed by atoms with E-state index in [2.05, 4.69) is 35.2 Å². The molecule has 1 aliphatic heterocycles. The number of rotatable bonds is 5. The topological polar surface area (TPSA) is 21.7 Å². The minimum Gasteiger partial charge on any atom is -0.489 e. The minimum atomic E-state index is 0.612. The molecule has 0 aliphatic carbocycles. The molecule has 110 valence electrons. The van der Waals surface area contributed by atoms with Gasteiger partial charge >= 0.3 is 0 Å². The van der Waals surface area contributed by atoms with E-state index in [-0.39, 0.29) is 0 Å². The van der Waals surface area contributed by atoms with Gasteiger partial charge in [0.2, 0.25) is 0 Å². The Bertz CT molecular complexity index is 550. The summed E-state index contributed by atoms with van der Waals surface area (Å²) >= 11 is 0. The Hall–Kier alpha value is -1.84. The van der Waals surface area contributed by atoms with Crippen molar-refractivity contribution in [2.45, 2.75) is 13.2 Å². The molecule has 0 unspecified atom stereocenters. The van der Waals surface area contributed by atoms with Crippen LogP contribution in [-0.4, -0.2) is 31.2 Å². The SMILES string of the molecule is c1ccc(COc2ccccc2CN2CCOCC2)cc1. The quantitative estimate of drug-likeness (QED) is 0.841. The van der Waals surface area contributed by atoms with E-state index < -0.39 is 0 Å². The number of para-hydroxylation sites is 1. The average Bonchev–Trinajstić information content (AvgIpc) is 2.56. The summed E-state index contributed by atoms with van der Waals surface area (Å²) in [5.41, 5.74) is 2.44. The Morgan fingerprint density at radius 2 is 1.62 bits per heavy atom. The molecule has 0 saturated carbocycles. The van der Waals surface area contributed by atoms with Crippen LogP contribution in [0.25, 0.3) is 0 Å². The van der Waals surface area contributed by atoms with Gasteiger partial charge in [-0.25, -0.2) is 0 Å². The third-order valence-corrected chi connectivity index (χ3v) is 3.71. The van der Waals surface area contributed by atoms with Crippen LogP contribution in [0.3, 0.4) is 0 Å². The summed E-state index contributed by atoms with van der Waals surface area (Å²) in [6.07, 6.45) is 0. The molecule has 3 nitrogen and oxygen atoms in total. The van der Waals surface area contributed by atoms with Gasteiger partial charge in [0.1, 0.15) is 12.4 Å². The van der Waals surface area contributed by atoms with Crippen LogP contribution >= 0.6 is 0 Å². The molecule has 0 atom stereocenters. The highest BCUT2D eigenvalue weighted by molar-refractivity contribution is 5.33. The molecule has 1 saturated heterocycles. The Morgan fingerprint density at radius 3 is 2.43 bits per heavy atom. The van der Waals surface area contributed by atoms with Crippen LogP contribution < -0.4 is 4.74 Å². The van der Waals surface area contributed by atoms with Crippen molar-refractivity contribution in [3.8, 4) is 5.75 Å². The molecule has 0 N–H and O–H groups in total. The summed E-state index contributed by atoms with van der Waals surface area (Å²) in [6, 6.07) is 18.6. The van der Waals surface area contributed by atoms with Crippen molar-refractivity contribution in [1.82, 2.24) is 4.90 Å². The summed E-state index contributed by atoms with van der Waals surface area (Å²) in [4.78, 5) is 2.41. The van der Waals surface area contributed by atoms with E-state index in [1.165, 1.54) is 11.1 Å². The maximum absolute atomic E-state index is 6.01. The molecule has 2 aromatic carbocycles. The fourth-order valence-electron chi connectivity index (χ4n) is 2.51. The van der Waals surface area contributed by atoms with Gasteiger partial charge in [0.05, 0.1) is 13.2 Å². The zero-order chi connectivity index (χ0) is 14.3. The smallest absolute Gasteiger partial charge is 0.124 e. The van der Waals surface area contributed by atoms with E-state index in [1.807, 2.05) is 24.3 Å². The Labute approximate surface area is 126 Å². The van der Waals surface area contributed by atoms with Gasteiger partial charge in [-0.2, -0.15) is 0 Å². The highest BCUT2D eigenvalue weighted by atomic mass is 16.5. The first-order chi connectivity index (χ1) is 10.4. The van der Waals surface area contributed by atoms with Crippen molar-refractivity contribution in [2.75, 3.05) is 26.3 Å². The third-order valence-electron chi connectivity index (χ3n) is 3.71. The van der Waals surface area contributed by atoms with Gasteiger partial charge < -0.3 is 9.47 Å². The maximum atomic E-state index is 6.01. The minimum absolute atomic E-state index is 0.612. The number of hydrogen-bond donors (Lipinski definition) is 0. The first kappa shape index (κ1) is 14.1. The van der Waals surface area contributed by atoms with Crippen LogP contribution in [-0.2, 0) is 17.9 Å². The van der Waals surface area contributed by atoms with Crippen molar-refractivity contribution in [3.05, 3.63) is 65.7 Å². The van der Waals surface area contributed by atoms with Crippen LogP contribution in [0.5, 0.6) is 5.75 Å². The molecular formula is C18H21NO2. The molecule has 0 radical (unpaired) electrons. The Balaban J connectivity index is 1.64. The number of hydrogen-bond acceptors (Lipinski definition) is 3. The van der Waals surface area contributed by atoms with Crippen LogP contribution in [0.15, 0.2) is 54.6 Å². The monoisotopic (exact) mass is 283 g/mol. The van der Waals surface area contributed by atoms with E-state index in [9.17, 15) is 0 Å². The van der Waals surface area contributed by atoms with Gasteiger partial charge in [0, 0.05) is 25.2 Å². The van der Waals surface area contributed by atoms with Gasteiger partial charge in [-0.15, -0.1) is 0 Å². The van der Waals surface area contributed by atoms with Gasteiger partial charge in [-0.1, -0.05) is 48.5 Å². The van der Waals surface area contributed by atoms with Crippen LogP contribution in [0.2, 0.25) is 0 Å². The Morgan fingerprint density at radius 1 is 0.905 bits per heavy atom. The molecule has 1 heterocycles. The molecule has 0 spiro atoms. The van der Waals surface area contributed by atoms with Crippen molar-refractivity contribution >= 4 is 0 Å². The highest BCUT2D eigenvalue weighted by Gasteiger charge is 2.13. The molecule has 0 aromatic heterocycles. The van der Waals surface area contributed by atoms with E-state index in [0.717, 1.165) is 38.6 Å². The number of morpholine rings is 1. The number of benzene rings is 2. The first-order valence-electron chi connectivity index (χ1n) is 7.46. The van der Waals surface area contributed by atoms with Crippen molar-refractivity contribution < 1.29 is 9.47 Å². The van der Waals surface area contributed by atoms with Gasteiger partial charge in [-0.3, -0.25) is 4.90 Å². The summed E-state index contributed by atoms with van der Waals surface area (Å²) in [5, 5.41) is 0. The lowest BCUT2D eigenvalue weighted by molar-refractivity contribution is 0.0337. The summed E-state index contributed by atoms with van der Waals surface area (Å²) in [5.74, 6) is 0.979. The third kappa shape index (κ3) is 4.06. The van der Waals surface area contributed by atoms with Crippen LogP contribution in [0.4, 0.5) is 0 Å². The zero-order valence-corrected chi connectivity index (χ0v) is 12.2. The van der Waals surface area contributed by atoms with E-state index in [1.54, 1.807) is 0 Å². The fraction of sp³-hybridized carbons (Fsp3) is 0.333. The van der Waals surface area contributed by atoms with E-state index >= 15 is 0 Å². The average molecular weight is 283 g/mol. The highest BCUT2D eigenvalue weighted by Crippen LogP contribution is 2.21. The lowest BCUT2D eigenvalue weighted by atomic mass is 10.1. The molecule has 1 aliphatic rings. The molecule has 1 fully saturated rings. The second-order valence-electron chi connectivity index (χ2n) is 5.27. The van der Waals surface area contributed by atoms with Crippen molar-refractivity contribution in [2.24, 2.45) is 0 Å². The molecule has 0 bridgehead atoms. The summed E-state index contributed by atoms with van der Waals surface area (Å²) in [7, 11) is 0. The standard InChI is InChI=1S/C18H21NO2/c1-2-6-16(7-3-1)15-21-18-9-5-4-8-17(18)14-19-10-12-20-13-11-19/h1-9H,10-15H2. The van der Waals surface area contributed by atoms with E-state index in [0.29, 0.717) is 6.61 Å². The summed E-state index contributed by atoms with van der Waals surface area (Å²) in [6.45, 7) is 5.18. The molecule has 3 rings (SSSR count). The maximum Gasteiger partial charge on any atom is 0.124 e. The Kier molecular flexibility index (Phi) is 4.87. The molecule has 21 heavy (non-hydrogen) atoms. The van der Waals surface area contributed by atoms with E-state index in [4.69, 9.17) is 9.47 Å². The fourth-order valence-corrected chi connectivity index (χ4v) is 2.51. The molecule has 0 amide bonds. The molecule has 2 aromatic rings. The van der Waals surface area contributed by atoms with Gasteiger partial charge in [0.15, 0.2) is 0 Å². The van der Waals surface area contributed by atoms with Gasteiger partial charge in [0.25, 0.3) is 0 Å². The first-order valence-corrected chi connectivity index (χ1v) is 7.46. The zero-order valence-electron chi connectivity index (χ0n) is 12.2. The second-order valence-corrected chi connectivity index (χ2v) is 5.27. The lowest BCUT2D eigenvalue weighted by Crippen LogP contribution is -2.35. The second kappa shape index (κ2) is 7.25. The number of nitrogens with zero attached hydrogens (tertiary/aromatic N) is 1. The van der Waals surface area contributed by atoms with Gasteiger partial charge in [-0.05, 0) is 11.6 Å². The normalized spacial score (nSPS) is 15.8. The van der Waals surface area contributed by atoms with Crippen LogP contribution in [0, 0.1) is 0 Å². The van der Waals surface area contributed by atoms with Crippen molar-refractivity contribution in [3.63, 3.8) is 0 Å². The summed E-state index contributed by atoms with van der Waals surface area (Å²) < 4.78 is 11.4. The van der Waals surface area contributed by atoms with Crippen LogP contribution in [0.1, 0.15) is 11.1 Å². The van der Waals surface area contributed by atoms with Crippen molar-refractivity contribution in [1.29, 1.82) is 0 Å². The lowest BCUT2D eigenvalue weighted by Gasteiger charge is -2.27. The largest absolute Gasteiger partial charge is 0.489 e. The molecule has 3 heteroatoms. The predicted molar refractivity (Wildman–Crippen MR) is 83.3 cm³/mol. The molecular weight excluding hydrogens is 262 g/mol. The number of ether oxygens (including phenoxy) is 2. The predicted octanol–water partition coefficient (Wildman–Crippen LogP) is 3.10.